The van der Waals surface area contributed by atoms with E-state index in [0.29, 0.717) is 22.6 Å². The summed E-state index contributed by atoms with van der Waals surface area (Å²) >= 11 is 0. The van der Waals surface area contributed by atoms with Crippen LogP contribution in [0.2, 0.25) is 0 Å². The Morgan fingerprint density at radius 1 is 0.926 bits per heavy atom. The topological polar surface area (TPSA) is 55.4 Å². The van der Waals surface area contributed by atoms with Gasteiger partial charge in [-0.05, 0) is 55.0 Å². The summed E-state index contributed by atoms with van der Waals surface area (Å²) in [4.78, 5) is 23.9. The first-order valence-electron chi connectivity index (χ1n) is 8.41. The molecule has 1 N–H and O–H groups in total. The lowest BCUT2D eigenvalue weighted by molar-refractivity contribution is 0.101. The van der Waals surface area contributed by atoms with Gasteiger partial charge in [-0.1, -0.05) is 30.3 Å². The third kappa shape index (κ3) is 5.01. The summed E-state index contributed by atoms with van der Waals surface area (Å²) in [5.74, 6) is -0.138. The second-order valence-electron chi connectivity index (χ2n) is 6.03. The normalized spacial score (nSPS) is 10.3. The van der Waals surface area contributed by atoms with Gasteiger partial charge in [-0.2, -0.15) is 0 Å². The van der Waals surface area contributed by atoms with E-state index in [1.165, 1.54) is 19.1 Å². The molecule has 136 valence electrons. The molecule has 0 saturated carbocycles. The molecule has 1 amide bonds. The minimum Gasteiger partial charge on any atom is -0.489 e. The molecule has 0 unspecified atom stereocenters. The van der Waals surface area contributed by atoms with E-state index in [4.69, 9.17) is 4.74 Å². The number of hydrogen-bond acceptors (Lipinski definition) is 3. The van der Waals surface area contributed by atoms with Crippen molar-refractivity contribution in [2.75, 3.05) is 5.32 Å². The summed E-state index contributed by atoms with van der Waals surface area (Å²) in [6, 6.07) is 19.6. The standard InChI is InChI=1S/C22H18FNO3/c1-15(25)17-4-2-6-20(12-17)24-22(26)18-5-3-7-21(13-18)27-14-16-8-10-19(23)11-9-16/h2-13H,14H2,1H3,(H,24,26). The third-order valence-electron chi connectivity index (χ3n) is 3.94. The van der Waals surface area contributed by atoms with E-state index in [-0.39, 0.29) is 24.1 Å². The fourth-order valence-electron chi connectivity index (χ4n) is 2.49. The molecule has 0 fully saturated rings. The summed E-state index contributed by atoms with van der Waals surface area (Å²) in [7, 11) is 0. The molecule has 3 aromatic rings. The van der Waals surface area contributed by atoms with Crippen molar-refractivity contribution in [2.45, 2.75) is 13.5 Å². The Balaban J connectivity index is 1.67. The quantitative estimate of drug-likeness (QED) is 0.636. The Morgan fingerprint density at radius 2 is 1.63 bits per heavy atom. The first-order valence-corrected chi connectivity index (χ1v) is 8.41. The molecule has 0 spiro atoms. The van der Waals surface area contributed by atoms with E-state index in [1.54, 1.807) is 60.7 Å². The zero-order valence-electron chi connectivity index (χ0n) is 14.7. The summed E-state index contributed by atoms with van der Waals surface area (Å²) in [5.41, 5.74) is 2.33. The molecule has 3 aromatic carbocycles. The SMILES string of the molecule is CC(=O)c1cccc(NC(=O)c2cccc(OCc3ccc(F)cc3)c2)c1. The highest BCUT2D eigenvalue weighted by Gasteiger charge is 2.09. The van der Waals surface area contributed by atoms with Gasteiger partial charge < -0.3 is 10.1 Å². The Kier molecular flexibility index (Phi) is 5.61. The highest BCUT2D eigenvalue weighted by Crippen LogP contribution is 2.18. The monoisotopic (exact) mass is 363 g/mol. The van der Waals surface area contributed by atoms with Crippen LogP contribution in [0.1, 0.15) is 33.2 Å². The Morgan fingerprint density at radius 3 is 2.37 bits per heavy atom. The highest BCUT2D eigenvalue weighted by atomic mass is 19.1. The van der Waals surface area contributed by atoms with Crippen LogP contribution in [0.25, 0.3) is 0 Å². The van der Waals surface area contributed by atoms with E-state index in [1.807, 2.05) is 0 Å². The summed E-state index contributed by atoms with van der Waals surface area (Å²) in [5, 5.41) is 2.77. The molecular formula is C22H18FNO3. The molecule has 0 heterocycles. The largest absolute Gasteiger partial charge is 0.489 e. The van der Waals surface area contributed by atoms with E-state index in [0.717, 1.165) is 5.56 Å². The number of ether oxygens (including phenoxy) is 1. The molecule has 5 heteroatoms. The maximum atomic E-state index is 12.9. The fraction of sp³-hybridized carbons (Fsp3) is 0.0909. The summed E-state index contributed by atoms with van der Waals surface area (Å²) < 4.78 is 18.6. The van der Waals surface area contributed by atoms with Crippen LogP contribution in [0.15, 0.2) is 72.8 Å². The maximum Gasteiger partial charge on any atom is 0.255 e. The first kappa shape index (κ1) is 18.3. The molecule has 0 radical (unpaired) electrons. The van der Waals surface area contributed by atoms with E-state index >= 15 is 0 Å². The highest BCUT2D eigenvalue weighted by molar-refractivity contribution is 6.05. The van der Waals surface area contributed by atoms with Gasteiger partial charge >= 0.3 is 0 Å². The lowest BCUT2D eigenvalue weighted by Crippen LogP contribution is -2.12. The second kappa shape index (κ2) is 8.27. The number of amides is 1. The van der Waals surface area contributed by atoms with Crippen molar-refractivity contribution >= 4 is 17.4 Å². The number of hydrogen-bond donors (Lipinski definition) is 1. The number of nitrogens with one attached hydrogen (secondary N) is 1. The number of halogens is 1. The van der Waals surface area contributed by atoms with Crippen LogP contribution in [-0.4, -0.2) is 11.7 Å². The number of rotatable bonds is 6. The van der Waals surface area contributed by atoms with Crippen LogP contribution < -0.4 is 10.1 Å². The number of benzene rings is 3. The van der Waals surface area contributed by atoms with Crippen molar-refractivity contribution in [3.8, 4) is 5.75 Å². The lowest BCUT2D eigenvalue weighted by atomic mass is 10.1. The molecule has 27 heavy (non-hydrogen) atoms. The van der Waals surface area contributed by atoms with Gasteiger partial charge in [0.05, 0.1) is 0 Å². The van der Waals surface area contributed by atoms with Crippen molar-refractivity contribution in [3.63, 3.8) is 0 Å². The molecule has 4 nitrogen and oxygen atoms in total. The zero-order chi connectivity index (χ0) is 19.2. The van der Waals surface area contributed by atoms with Gasteiger partial charge in [-0.25, -0.2) is 4.39 Å². The second-order valence-corrected chi connectivity index (χ2v) is 6.03. The van der Waals surface area contributed by atoms with Crippen molar-refractivity contribution in [2.24, 2.45) is 0 Å². The average Bonchev–Trinajstić information content (AvgIpc) is 2.68. The van der Waals surface area contributed by atoms with Gasteiger partial charge in [-0.3, -0.25) is 9.59 Å². The van der Waals surface area contributed by atoms with Gasteiger partial charge in [0.25, 0.3) is 5.91 Å². The van der Waals surface area contributed by atoms with Crippen LogP contribution in [0.5, 0.6) is 5.75 Å². The zero-order valence-corrected chi connectivity index (χ0v) is 14.7. The number of carbonyl (C=O) groups excluding carboxylic acids is 2. The van der Waals surface area contributed by atoms with Crippen LogP contribution in [-0.2, 0) is 6.61 Å². The van der Waals surface area contributed by atoms with Crippen LogP contribution in [0.4, 0.5) is 10.1 Å². The number of carbonyl (C=O) groups is 2. The van der Waals surface area contributed by atoms with E-state index in [9.17, 15) is 14.0 Å². The van der Waals surface area contributed by atoms with E-state index < -0.39 is 0 Å². The van der Waals surface area contributed by atoms with Gasteiger partial charge in [0.15, 0.2) is 5.78 Å². The van der Waals surface area contributed by atoms with Gasteiger partial charge in [0.2, 0.25) is 0 Å². The molecule has 0 atom stereocenters. The number of ketones is 1. The fourth-order valence-corrected chi connectivity index (χ4v) is 2.49. The predicted octanol–water partition coefficient (Wildman–Crippen LogP) is 4.86. The number of Topliss-reactive ketones (excluding diaryl/α,β-unsaturated/α-hetero) is 1. The molecular weight excluding hydrogens is 345 g/mol. The Hall–Kier alpha value is -3.47. The Bertz CT molecular complexity index is 967. The minimum atomic E-state index is -0.303. The molecule has 0 aromatic heterocycles. The van der Waals surface area contributed by atoms with Crippen molar-refractivity contribution < 1.29 is 18.7 Å². The molecule has 0 aliphatic rings. The van der Waals surface area contributed by atoms with Crippen molar-refractivity contribution in [1.82, 2.24) is 0 Å². The van der Waals surface area contributed by atoms with Crippen LogP contribution in [0.3, 0.4) is 0 Å². The summed E-state index contributed by atoms with van der Waals surface area (Å²) in [6.07, 6.45) is 0. The lowest BCUT2D eigenvalue weighted by Gasteiger charge is -2.09. The smallest absolute Gasteiger partial charge is 0.255 e. The van der Waals surface area contributed by atoms with Crippen LogP contribution in [0, 0.1) is 5.82 Å². The van der Waals surface area contributed by atoms with E-state index in [2.05, 4.69) is 5.32 Å². The predicted molar refractivity (Wildman–Crippen MR) is 102 cm³/mol. The maximum absolute atomic E-state index is 12.9. The first-order chi connectivity index (χ1) is 13.0. The third-order valence-corrected chi connectivity index (χ3v) is 3.94. The molecule has 3 rings (SSSR count). The summed E-state index contributed by atoms with van der Waals surface area (Å²) in [6.45, 7) is 1.74. The molecule has 0 bridgehead atoms. The van der Waals surface area contributed by atoms with Crippen LogP contribution >= 0.6 is 0 Å². The van der Waals surface area contributed by atoms with Crippen molar-refractivity contribution in [1.29, 1.82) is 0 Å². The average molecular weight is 363 g/mol. The number of anilines is 1. The van der Waals surface area contributed by atoms with Crippen molar-refractivity contribution in [3.05, 3.63) is 95.3 Å². The molecule has 0 aliphatic carbocycles. The van der Waals surface area contributed by atoms with Gasteiger partial charge in [0, 0.05) is 16.8 Å². The Labute approximate surface area is 156 Å². The van der Waals surface area contributed by atoms with Gasteiger partial charge in [-0.15, -0.1) is 0 Å². The minimum absolute atomic E-state index is 0.0673. The molecule has 0 aliphatic heterocycles. The molecule has 0 saturated heterocycles. The van der Waals surface area contributed by atoms with Gasteiger partial charge in [0.1, 0.15) is 18.2 Å².